The molecule has 28 heavy (non-hydrogen) atoms. The van der Waals surface area contributed by atoms with Crippen molar-refractivity contribution in [2.24, 2.45) is 5.92 Å². The average Bonchev–Trinajstić information content (AvgIpc) is 3.23. The molecule has 1 amide bonds. The molecule has 2 aromatic rings. The maximum atomic E-state index is 12.5. The van der Waals surface area contributed by atoms with Crippen molar-refractivity contribution in [1.82, 2.24) is 5.32 Å². The number of carbonyl (C=O) groups excluding carboxylic acids is 1. The summed E-state index contributed by atoms with van der Waals surface area (Å²) in [6, 6.07) is 14.6. The van der Waals surface area contributed by atoms with Gasteiger partial charge in [0.25, 0.3) is 5.91 Å². The van der Waals surface area contributed by atoms with Gasteiger partial charge in [-0.2, -0.15) is 0 Å². The number of hydrogen-bond donors (Lipinski definition) is 2. The van der Waals surface area contributed by atoms with Crippen LogP contribution in [0.1, 0.15) is 59.6 Å². The minimum absolute atomic E-state index is 0.0182. The van der Waals surface area contributed by atoms with Gasteiger partial charge in [-0.15, -0.1) is 0 Å². The second-order valence-electron chi connectivity index (χ2n) is 7.66. The summed E-state index contributed by atoms with van der Waals surface area (Å²) in [6.45, 7) is 2.86. The van der Waals surface area contributed by atoms with E-state index >= 15 is 0 Å². The summed E-state index contributed by atoms with van der Waals surface area (Å²) >= 11 is 0. The van der Waals surface area contributed by atoms with Crippen molar-refractivity contribution in [3.8, 4) is 5.75 Å². The highest BCUT2D eigenvalue weighted by Gasteiger charge is 2.38. The van der Waals surface area contributed by atoms with Crippen molar-refractivity contribution >= 4 is 11.6 Å². The largest absolute Gasteiger partial charge is 0.497 e. The van der Waals surface area contributed by atoms with E-state index in [1.807, 2.05) is 18.2 Å². The number of rotatable bonds is 6. The van der Waals surface area contributed by atoms with Crippen molar-refractivity contribution in [3.63, 3.8) is 0 Å². The Balaban J connectivity index is 1.62. The topological polar surface area (TPSA) is 50.4 Å². The van der Waals surface area contributed by atoms with Crippen LogP contribution in [0.3, 0.4) is 0 Å². The van der Waals surface area contributed by atoms with E-state index in [-0.39, 0.29) is 11.9 Å². The smallest absolute Gasteiger partial charge is 0.251 e. The lowest BCUT2D eigenvalue weighted by Crippen LogP contribution is -2.30. The number of unbranched alkanes of at least 4 members (excludes halogenated alkanes) is 1. The summed E-state index contributed by atoms with van der Waals surface area (Å²) in [5.41, 5.74) is 4.33. The van der Waals surface area contributed by atoms with Gasteiger partial charge in [0, 0.05) is 23.7 Å². The van der Waals surface area contributed by atoms with E-state index in [1.54, 1.807) is 7.11 Å². The fourth-order valence-corrected chi connectivity index (χ4v) is 4.38. The number of methoxy groups -OCH3 is 1. The van der Waals surface area contributed by atoms with Crippen LogP contribution in [0.25, 0.3) is 0 Å². The number of ether oxygens (including phenoxy) is 1. The van der Waals surface area contributed by atoms with Crippen LogP contribution in [0.2, 0.25) is 0 Å². The van der Waals surface area contributed by atoms with E-state index in [0.29, 0.717) is 11.8 Å². The summed E-state index contributed by atoms with van der Waals surface area (Å²) in [4.78, 5) is 12.5. The molecular formula is C24H28N2O2. The first-order chi connectivity index (χ1) is 13.7. The van der Waals surface area contributed by atoms with Crippen molar-refractivity contribution in [2.75, 3.05) is 19.0 Å². The normalized spacial score (nSPS) is 22.1. The SMILES string of the molecule is CCCCNC(=O)c1ccc2c(c1)C1C=CCC1C(c1cccc(OC)c1)N2. The summed E-state index contributed by atoms with van der Waals surface area (Å²) < 4.78 is 5.42. The summed E-state index contributed by atoms with van der Waals surface area (Å²) in [6.07, 6.45) is 7.69. The Kier molecular flexibility index (Phi) is 5.38. The first-order valence-electron chi connectivity index (χ1n) is 10.2. The second-order valence-corrected chi connectivity index (χ2v) is 7.66. The third kappa shape index (κ3) is 3.51. The van der Waals surface area contributed by atoms with Crippen LogP contribution < -0.4 is 15.4 Å². The van der Waals surface area contributed by atoms with Crippen LogP contribution in [0, 0.1) is 5.92 Å². The first-order valence-corrected chi connectivity index (χ1v) is 10.2. The van der Waals surface area contributed by atoms with Crippen LogP contribution in [-0.4, -0.2) is 19.6 Å². The highest BCUT2D eigenvalue weighted by molar-refractivity contribution is 5.95. The minimum atomic E-state index is 0.0182. The molecule has 4 rings (SSSR count). The van der Waals surface area contributed by atoms with E-state index in [2.05, 4.69) is 54.0 Å². The van der Waals surface area contributed by atoms with Gasteiger partial charge in [-0.1, -0.05) is 37.6 Å². The molecule has 4 nitrogen and oxygen atoms in total. The number of nitrogens with one attached hydrogen (secondary N) is 2. The summed E-state index contributed by atoms with van der Waals surface area (Å²) in [5.74, 6) is 1.67. The Labute approximate surface area is 167 Å². The molecule has 1 aliphatic carbocycles. The Morgan fingerprint density at radius 3 is 2.96 bits per heavy atom. The molecule has 146 valence electrons. The van der Waals surface area contributed by atoms with Crippen molar-refractivity contribution < 1.29 is 9.53 Å². The predicted octanol–water partition coefficient (Wildman–Crippen LogP) is 5.05. The molecule has 0 radical (unpaired) electrons. The lowest BCUT2D eigenvalue weighted by atomic mass is 9.76. The third-order valence-corrected chi connectivity index (χ3v) is 5.89. The molecule has 0 saturated heterocycles. The summed E-state index contributed by atoms with van der Waals surface area (Å²) in [5, 5.41) is 6.75. The zero-order valence-electron chi connectivity index (χ0n) is 16.6. The van der Waals surface area contributed by atoms with Crippen LogP contribution in [0.4, 0.5) is 5.69 Å². The van der Waals surface area contributed by atoms with Crippen LogP contribution in [0.5, 0.6) is 5.75 Å². The molecule has 0 aromatic heterocycles. The Morgan fingerprint density at radius 2 is 2.14 bits per heavy atom. The number of fused-ring (bicyclic) bond motifs is 3. The van der Waals surface area contributed by atoms with E-state index in [9.17, 15) is 4.79 Å². The summed E-state index contributed by atoms with van der Waals surface area (Å²) in [7, 11) is 1.70. The molecule has 0 bridgehead atoms. The zero-order chi connectivity index (χ0) is 19.5. The molecule has 2 aromatic carbocycles. The predicted molar refractivity (Wildman–Crippen MR) is 113 cm³/mol. The quantitative estimate of drug-likeness (QED) is 0.548. The van der Waals surface area contributed by atoms with E-state index in [0.717, 1.165) is 42.8 Å². The highest BCUT2D eigenvalue weighted by atomic mass is 16.5. The molecule has 2 N–H and O–H groups in total. The van der Waals surface area contributed by atoms with E-state index in [4.69, 9.17) is 4.74 Å². The molecule has 1 heterocycles. The van der Waals surface area contributed by atoms with Gasteiger partial charge in [0.15, 0.2) is 0 Å². The Bertz CT molecular complexity index is 890. The van der Waals surface area contributed by atoms with Gasteiger partial charge >= 0.3 is 0 Å². The van der Waals surface area contributed by atoms with Gasteiger partial charge in [0.1, 0.15) is 5.75 Å². The Hall–Kier alpha value is -2.75. The molecule has 1 aliphatic heterocycles. The molecule has 3 unspecified atom stereocenters. The first kappa shape index (κ1) is 18.6. The van der Waals surface area contributed by atoms with Gasteiger partial charge in [-0.05, 0) is 60.2 Å². The fraction of sp³-hybridized carbons (Fsp3) is 0.375. The Morgan fingerprint density at radius 1 is 1.25 bits per heavy atom. The number of hydrogen-bond acceptors (Lipinski definition) is 3. The van der Waals surface area contributed by atoms with Crippen molar-refractivity contribution in [2.45, 2.75) is 38.1 Å². The maximum absolute atomic E-state index is 12.5. The number of amides is 1. The minimum Gasteiger partial charge on any atom is -0.497 e. The second kappa shape index (κ2) is 8.09. The highest BCUT2D eigenvalue weighted by Crippen LogP contribution is 2.50. The zero-order valence-corrected chi connectivity index (χ0v) is 16.6. The van der Waals surface area contributed by atoms with Crippen LogP contribution in [0.15, 0.2) is 54.6 Å². The van der Waals surface area contributed by atoms with Gasteiger partial charge in [-0.3, -0.25) is 4.79 Å². The van der Waals surface area contributed by atoms with Crippen molar-refractivity contribution in [3.05, 3.63) is 71.3 Å². The van der Waals surface area contributed by atoms with Crippen molar-refractivity contribution in [1.29, 1.82) is 0 Å². The molecule has 0 fully saturated rings. The average molecular weight is 377 g/mol. The number of benzene rings is 2. The lowest BCUT2D eigenvalue weighted by Gasteiger charge is -2.37. The van der Waals surface area contributed by atoms with Crippen LogP contribution >= 0.6 is 0 Å². The van der Waals surface area contributed by atoms with Crippen LogP contribution in [-0.2, 0) is 0 Å². The molecule has 2 aliphatic rings. The maximum Gasteiger partial charge on any atom is 0.251 e. The fourth-order valence-electron chi connectivity index (χ4n) is 4.38. The van der Waals surface area contributed by atoms with Gasteiger partial charge in [-0.25, -0.2) is 0 Å². The van der Waals surface area contributed by atoms with Gasteiger partial charge in [0.05, 0.1) is 13.2 Å². The van der Waals surface area contributed by atoms with E-state index < -0.39 is 0 Å². The number of allylic oxidation sites excluding steroid dienone is 2. The molecule has 4 heteroatoms. The molecule has 3 atom stereocenters. The van der Waals surface area contributed by atoms with Gasteiger partial charge in [0.2, 0.25) is 0 Å². The lowest BCUT2D eigenvalue weighted by molar-refractivity contribution is 0.0953. The molecular weight excluding hydrogens is 348 g/mol. The molecule has 0 spiro atoms. The third-order valence-electron chi connectivity index (χ3n) is 5.89. The van der Waals surface area contributed by atoms with E-state index in [1.165, 1.54) is 11.1 Å². The number of carbonyl (C=O) groups is 1. The monoisotopic (exact) mass is 376 g/mol. The number of anilines is 1. The van der Waals surface area contributed by atoms with Gasteiger partial charge < -0.3 is 15.4 Å². The standard InChI is InChI=1S/C24H28N2O2/c1-3-4-13-25-24(27)17-11-12-22-21(15-17)19-9-6-10-20(19)23(26-22)16-7-5-8-18(14-16)28-2/h5-9,11-12,14-15,19-20,23,26H,3-4,10,13H2,1-2H3,(H,25,27). The molecule has 0 saturated carbocycles.